The zero-order valence-electron chi connectivity index (χ0n) is 12.4. The summed E-state index contributed by atoms with van der Waals surface area (Å²) in [7, 11) is 0. The van der Waals surface area contributed by atoms with Crippen LogP contribution < -0.4 is 0 Å². The van der Waals surface area contributed by atoms with Gasteiger partial charge in [-0.15, -0.1) is 0 Å². The third kappa shape index (κ3) is 2.01. The first kappa shape index (κ1) is 13.2. The molecule has 106 valence electrons. The van der Waals surface area contributed by atoms with Gasteiger partial charge >= 0.3 is 5.97 Å². The van der Waals surface area contributed by atoms with Crippen molar-refractivity contribution in [2.75, 3.05) is 0 Å². The van der Waals surface area contributed by atoms with E-state index in [1.165, 1.54) is 5.56 Å². The van der Waals surface area contributed by atoms with Gasteiger partial charge in [-0.25, -0.2) is 4.79 Å². The van der Waals surface area contributed by atoms with E-state index in [1.54, 1.807) is 0 Å². The number of furan rings is 1. The average molecular weight is 272 g/mol. The zero-order chi connectivity index (χ0) is 14.7. The molecule has 2 aromatic rings. The maximum Gasteiger partial charge on any atom is 0.372 e. The smallest absolute Gasteiger partial charge is 0.372 e. The number of carboxylic acids is 1. The first-order valence-corrected chi connectivity index (χ1v) is 7.10. The van der Waals surface area contributed by atoms with Crippen LogP contribution in [0.25, 0.3) is 11.0 Å². The number of carboxylic acid groups (broad SMARTS) is 1. The Morgan fingerprint density at radius 1 is 1.30 bits per heavy atom. The van der Waals surface area contributed by atoms with E-state index in [0.29, 0.717) is 5.92 Å². The first-order valence-electron chi connectivity index (χ1n) is 7.10. The van der Waals surface area contributed by atoms with Crippen LogP contribution in [-0.4, -0.2) is 11.1 Å². The highest BCUT2D eigenvalue weighted by atomic mass is 16.4. The molecule has 0 bridgehead atoms. The summed E-state index contributed by atoms with van der Waals surface area (Å²) in [6.45, 7) is 8.50. The number of aryl methyl sites for hydroxylation is 1. The largest absolute Gasteiger partial charge is 0.475 e. The SMILES string of the molecule is Cc1cc(C(C)(C)C)cc2c(C3CC3)c(C(=O)O)oc12. The summed E-state index contributed by atoms with van der Waals surface area (Å²) in [6, 6.07) is 4.22. The number of fused-ring (bicyclic) bond motifs is 1. The predicted octanol–water partition coefficient (Wildman–Crippen LogP) is 4.61. The molecule has 0 saturated heterocycles. The highest BCUT2D eigenvalue weighted by Crippen LogP contribution is 2.47. The quantitative estimate of drug-likeness (QED) is 0.868. The maximum atomic E-state index is 11.4. The van der Waals surface area contributed by atoms with Gasteiger partial charge < -0.3 is 9.52 Å². The van der Waals surface area contributed by atoms with Crippen LogP contribution in [0, 0.1) is 6.92 Å². The Balaban J connectivity index is 2.33. The topological polar surface area (TPSA) is 50.4 Å². The summed E-state index contributed by atoms with van der Waals surface area (Å²) >= 11 is 0. The van der Waals surface area contributed by atoms with E-state index in [0.717, 1.165) is 34.9 Å². The Kier molecular flexibility index (Phi) is 2.72. The van der Waals surface area contributed by atoms with Crippen LogP contribution in [0.4, 0.5) is 0 Å². The molecule has 3 rings (SSSR count). The summed E-state index contributed by atoms with van der Waals surface area (Å²) < 4.78 is 5.66. The van der Waals surface area contributed by atoms with Crippen molar-refractivity contribution in [3.8, 4) is 0 Å². The molecule has 3 heteroatoms. The molecule has 0 atom stereocenters. The van der Waals surface area contributed by atoms with E-state index in [2.05, 4.69) is 32.9 Å². The van der Waals surface area contributed by atoms with E-state index in [9.17, 15) is 9.90 Å². The summed E-state index contributed by atoms with van der Waals surface area (Å²) in [5.74, 6) is -0.464. The van der Waals surface area contributed by atoms with Gasteiger partial charge in [-0.05, 0) is 48.3 Å². The van der Waals surface area contributed by atoms with Gasteiger partial charge in [-0.3, -0.25) is 0 Å². The maximum absolute atomic E-state index is 11.4. The van der Waals surface area contributed by atoms with E-state index >= 15 is 0 Å². The normalized spacial score (nSPS) is 15.8. The molecule has 0 unspecified atom stereocenters. The van der Waals surface area contributed by atoms with Crippen LogP contribution in [0.3, 0.4) is 0 Å². The minimum atomic E-state index is -0.959. The van der Waals surface area contributed by atoms with Crippen molar-refractivity contribution in [3.05, 3.63) is 34.6 Å². The van der Waals surface area contributed by atoms with E-state index in [1.807, 2.05) is 6.92 Å². The van der Waals surface area contributed by atoms with Crippen molar-refractivity contribution in [3.63, 3.8) is 0 Å². The van der Waals surface area contributed by atoms with Gasteiger partial charge in [0, 0.05) is 10.9 Å². The monoisotopic (exact) mass is 272 g/mol. The lowest BCUT2D eigenvalue weighted by Gasteiger charge is -2.19. The molecular formula is C17H20O3. The van der Waals surface area contributed by atoms with Gasteiger partial charge in [-0.2, -0.15) is 0 Å². The number of hydrogen-bond donors (Lipinski definition) is 1. The summed E-state index contributed by atoms with van der Waals surface area (Å²) in [4.78, 5) is 11.4. The third-order valence-electron chi connectivity index (χ3n) is 4.06. The second-order valence-electron chi connectivity index (χ2n) is 6.84. The summed E-state index contributed by atoms with van der Waals surface area (Å²) in [5.41, 5.74) is 3.92. The standard InChI is InChI=1S/C17H20O3/c1-9-7-11(17(2,3)4)8-12-13(10-5-6-10)15(16(18)19)20-14(9)12/h7-8,10H,5-6H2,1-4H3,(H,18,19). The van der Waals surface area contributed by atoms with Gasteiger partial charge in [0.05, 0.1) is 0 Å². The van der Waals surface area contributed by atoms with Crippen LogP contribution in [0.5, 0.6) is 0 Å². The van der Waals surface area contributed by atoms with Crippen molar-refractivity contribution in [2.24, 2.45) is 0 Å². The molecule has 0 amide bonds. The van der Waals surface area contributed by atoms with Crippen LogP contribution in [0.2, 0.25) is 0 Å². The molecule has 0 radical (unpaired) electrons. The fraction of sp³-hybridized carbons (Fsp3) is 0.471. The molecule has 0 spiro atoms. The number of benzene rings is 1. The van der Waals surface area contributed by atoms with Crippen molar-refractivity contribution in [1.82, 2.24) is 0 Å². The van der Waals surface area contributed by atoms with E-state index in [-0.39, 0.29) is 11.2 Å². The predicted molar refractivity (Wildman–Crippen MR) is 78.6 cm³/mol. The van der Waals surface area contributed by atoms with E-state index in [4.69, 9.17) is 4.42 Å². The fourth-order valence-electron chi connectivity index (χ4n) is 2.76. The van der Waals surface area contributed by atoms with Crippen LogP contribution in [-0.2, 0) is 5.41 Å². The Morgan fingerprint density at radius 2 is 1.95 bits per heavy atom. The van der Waals surface area contributed by atoms with E-state index < -0.39 is 5.97 Å². The highest BCUT2D eigenvalue weighted by Gasteiger charge is 2.34. The number of carbonyl (C=O) groups is 1. The van der Waals surface area contributed by atoms with Gasteiger partial charge in [0.15, 0.2) is 0 Å². The minimum Gasteiger partial charge on any atom is -0.475 e. The lowest BCUT2D eigenvalue weighted by atomic mass is 9.85. The number of aromatic carboxylic acids is 1. The Bertz CT molecular complexity index is 697. The second kappa shape index (κ2) is 4.11. The molecule has 20 heavy (non-hydrogen) atoms. The molecule has 1 aliphatic rings. The van der Waals surface area contributed by atoms with Crippen molar-refractivity contribution in [1.29, 1.82) is 0 Å². The molecular weight excluding hydrogens is 252 g/mol. The summed E-state index contributed by atoms with van der Waals surface area (Å²) in [6.07, 6.45) is 2.13. The molecule has 1 N–H and O–H groups in total. The molecule has 1 saturated carbocycles. The molecule has 1 fully saturated rings. The molecule has 1 aromatic heterocycles. The highest BCUT2D eigenvalue weighted by molar-refractivity contribution is 5.97. The van der Waals surface area contributed by atoms with Crippen LogP contribution >= 0.6 is 0 Å². The molecule has 0 aliphatic heterocycles. The Hall–Kier alpha value is -1.77. The number of hydrogen-bond acceptors (Lipinski definition) is 2. The molecule has 1 aromatic carbocycles. The zero-order valence-corrected chi connectivity index (χ0v) is 12.4. The first-order chi connectivity index (χ1) is 9.29. The van der Waals surface area contributed by atoms with Gasteiger partial charge in [0.1, 0.15) is 5.58 Å². The van der Waals surface area contributed by atoms with Gasteiger partial charge in [0.25, 0.3) is 0 Å². The average Bonchev–Trinajstić information content (AvgIpc) is 3.08. The van der Waals surface area contributed by atoms with Crippen molar-refractivity contribution < 1.29 is 14.3 Å². The molecule has 1 heterocycles. The van der Waals surface area contributed by atoms with Crippen molar-refractivity contribution >= 4 is 16.9 Å². The minimum absolute atomic E-state index is 0.0421. The lowest BCUT2D eigenvalue weighted by molar-refractivity contribution is 0.0663. The van der Waals surface area contributed by atoms with Crippen LogP contribution in [0.15, 0.2) is 16.5 Å². The Morgan fingerprint density at radius 3 is 2.45 bits per heavy atom. The van der Waals surface area contributed by atoms with Crippen molar-refractivity contribution in [2.45, 2.75) is 51.9 Å². The van der Waals surface area contributed by atoms with Gasteiger partial charge in [-0.1, -0.05) is 26.8 Å². The summed E-state index contributed by atoms with van der Waals surface area (Å²) in [5, 5.41) is 10.4. The molecule has 3 nitrogen and oxygen atoms in total. The third-order valence-corrected chi connectivity index (χ3v) is 4.06. The molecule has 1 aliphatic carbocycles. The number of rotatable bonds is 2. The fourth-order valence-corrected chi connectivity index (χ4v) is 2.76. The second-order valence-corrected chi connectivity index (χ2v) is 6.84. The Labute approximate surface area is 118 Å². The van der Waals surface area contributed by atoms with Crippen LogP contribution in [0.1, 0.15) is 66.8 Å². The lowest BCUT2D eigenvalue weighted by Crippen LogP contribution is -2.11. The van der Waals surface area contributed by atoms with Gasteiger partial charge in [0.2, 0.25) is 5.76 Å².